The van der Waals surface area contributed by atoms with Gasteiger partial charge >= 0.3 is 5.97 Å². The molecule has 0 unspecified atom stereocenters. The predicted octanol–water partition coefficient (Wildman–Crippen LogP) is 3.46. The Balaban J connectivity index is 1.72. The van der Waals surface area contributed by atoms with Gasteiger partial charge in [-0.05, 0) is 31.2 Å². The van der Waals surface area contributed by atoms with Gasteiger partial charge in [0.25, 0.3) is 5.91 Å². The molecule has 1 heterocycles. The molecule has 0 saturated carbocycles. The van der Waals surface area contributed by atoms with Crippen LogP contribution in [-0.2, 0) is 4.74 Å². The number of anilines is 3. The van der Waals surface area contributed by atoms with Crippen LogP contribution in [0.25, 0.3) is 0 Å². The summed E-state index contributed by atoms with van der Waals surface area (Å²) in [5, 5.41) is 5.66. The third-order valence-corrected chi connectivity index (χ3v) is 4.01. The zero-order chi connectivity index (χ0) is 20.8. The van der Waals surface area contributed by atoms with E-state index in [0.717, 1.165) is 0 Å². The van der Waals surface area contributed by atoms with Crippen molar-refractivity contribution in [1.82, 2.24) is 9.97 Å². The summed E-state index contributed by atoms with van der Waals surface area (Å²) in [7, 11) is 1.30. The molecule has 0 radical (unpaired) electrons. The standard InChI is InChI=1S/C21H18N4O4/c1-13(26)14-6-5-7-15(10-14)24-20(27)18-11-23-19(12-22-18)25-17-9-4-3-8-16(17)21(28)29-2/h3-12H,1-2H3,(H,23,25)(H,24,27). The second kappa shape index (κ2) is 8.75. The van der Waals surface area contributed by atoms with Crippen molar-refractivity contribution in [3.8, 4) is 0 Å². The van der Waals surface area contributed by atoms with Crippen molar-refractivity contribution in [3.63, 3.8) is 0 Å². The Kier molecular flexibility index (Phi) is 5.94. The first-order valence-electron chi connectivity index (χ1n) is 8.66. The molecule has 3 rings (SSSR count). The van der Waals surface area contributed by atoms with E-state index in [2.05, 4.69) is 20.6 Å². The Hall–Kier alpha value is -4.07. The van der Waals surface area contributed by atoms with Crippen molar-refractivity contribution >= 4 is 34.9 Å². The Morgan fingerprint density at radius 3 is 2.45 bits per heavy atom. The molecule has 8 nitrogen and oxygen atoms in total. The maximum atomic E-state index is 12.4. The van der Waals surface area contributed by atoms with E-state index >= 15 is 0 Å². The summed E-state index contributed by atoms with van der Waals surface area (Å²) in [6, 6.07) is 13.4. The van der Waals surface area contributed by atoms with Gasteiger partial charge < -0.3 is 15.4 Å². The van der Waals surface area contributed by atoms with Crippen molar-refractivity contribution in [2.45, 2.75) is 6.92 Å². The molecular weight excluding hydrogens is 372 g/mol. The van der Waals surface area contributed by atoms with Gasteiger partial charge in [-0.1, -0.05) is 24.3 Å². The maximum absolute atomic E-state index is 12.4. The number of aromatic nitrogens is 2. The number of carbonyl (C=O) groups is 3. The van der Waals surface area contributed by atoms with Crippen LogP contribution in [0.3, 0.4) is 0 Å². The van der Waals surface area contributed by atoms with Gasteiger partial charge in [0.05, 0.1) is 30.8 Å². The molecule has 0 saturated heterocycles. The van der Waals surface area contributed by atoms with Crippen molar-refractivity contribution in [3.05, 3.63) is 77.7 Å². The SMILES string of the molecule is COC(=O)c1ccccc1Nc1cnc(C(=O)Nc2cccc(C(C)=O)c2)cn1. The highest BCUT2D eigenvalue weighted by Crippen LogP contribution is 2.20. The first-order valence-corrected chi connectivity index (χ1v) is 8.66. The Morgan fingerprint density at radius 1 is 0.966 bits per heavy atom. The first kappa shape index (κ1) is 19.7. The summed E-state index contributed by atoms with van der Waals surface area (Å²) in [6.07, 6.45) is 2.70. The molecular formula is C21H18N4O4. The molecule has 0 spiro atoms. The average molecular weight is 390 g/mol. The second-order valence-electron chi connectivity index (χ2n) is 6.04. The van der Waals surface area contributed by atoms with E-state index in [9.17, 15) is 14.4 Å². The highest BCUT2D eigenvalue weighted by molar-refractivity contribution is 6.03. The number of methoxy groups -OCH3 is 1. The number of para-hydroxylation sites is 1. The molecule has 2 aromatic carbocycles. The summed E-state index contributed by atoms with van der Waals surface area (Å²) in [4.78, 5) is 43.9. The van der Waals surface area contributed by atoms with E-state index in [4.69, 9.17) is 4.74 Å². The third-order valence-electron chi connectivity index (χ3n) is 4.01. The largest absolute Gasteiger partial charge is 0.465 e. The van der Waals surface area contributed by atoms with E-state index in [1.807, 2.05) is 0 Å². The molecule has 0 fully saturated rings. The van der Waals surface area contributed by atoms with Crippen LogP contribution in [0.5, 0.6) is 0 Å². The van der Waals surface area contributed by atoms with Crippen molar-refractivity contribution < 1.29 is 19.1 Å². The van der Waals surface area contributed by atoms with Crippen molar-refractivity contribution in [2.24, 2.45) is 0 Å². The van der Waals surface area contributed by atoms with Gasteiger partial charge in [-0.2, -0.15) is 0 Å². The van der Waals surface area contributed by atoms with Gasteiger partial charge in [0.1, 0.15) is 11.5 Å². The highest BCUT2D eigenvalue weighted by atomic mass is 16.5. The van der Waals surface area contributed by atoms with Crippen LogP contribution >= 0.6 is 0 Å². The van der Waals surface area contributed by atoms with E-state index in [0.29, 0.717) is 28.3 Å². The number of benzene rings is 2. The van der Waals surface area contributed by atoms with E-state index < -0.39 is 11.9 Å². The van der Waals surface area contributed by atoms with Crippen molar-refractivity contribution in [2.75, 3.05) is 17.7 Å². The van der Waals surface area contributed by atoms with Crippen LogP contribution in [-0.4, -0.2) is 34.7 Å². The molecule has 146 valence electrons. The molecule has 1 amide bonds. The number of rotatable bonds is 6. The minimum atomic E-state index is -0.482. The summed E-state index contributed by atoms with van der Waals surface area (Å²) in [5.74, 6) is -0.676. The van der Waals surface area contributed by atoms with E-state index in [-0.39, 0.29) is 11.5 Å². The van der Waals surface area contributed by atoms with Gasteiger partial charge in [-0.3, -0.25) is 9.59 Å². The number of ketones is 1. The van der Waals surface area contributed by atoms with Gasteiger partial charge in [0, 0.05) is 11.3 Å². The maximum Gasteiger partial charge on any atom is 0.339 e. The Labute approximate surface area is 167 Å². The number of nitrogens with zero attached hydrogens (tertiary/aromatic N) is 2. The average Bonchev–Trinajstić information content (AvgIpc) is 2.74. The van der Waals surface area contributed by atoms with Gasteiger partial charge in [-0.15, -0.1) is 0 Å². The van der Waals surface area contributed by atoms with E-state index in [1.54, 1.807) is 48.5 Å². The Morgan fingerprint density at radius 2 is 1.76 bits per heavy atom. The molecule has 0 aliphatic heterocycles. The first-order chi connectivity index (χ1) is 14.0. The predicted molar refractivity (Wildman–Crippen MR) is 107 cm³/mol. The fraction of sp³-hybridized carbons (Fsp3) is 0.0952. The zero-order valence-corrected chi connectivity index (χ0v) is 15.8. The monoisotopic (exact) mass is 390 g/mol. The summed E-state index contributed by atoms with van der Waals surface area (Å²) in [5.41, 5.74) is 1.94. The number of esters is 1. The minimum Gasteiger partial charge on any atom is -0.465 e. The number of amides is 1. The Bertz CT molecular complexity index is 1060. The molecule has 8 heteroatoms. The summed E-state index contributed by atoms with van der Waals surface area (Å²) < 4.78 is 4.76. The molecule has 29 heavy (non-hydrogen) atoms. The van der Waals surface area contributed by atoms with Gasteiger partial charge in [0.2, 0.25) is 0 Å². The quantitative estimate of drug-likeness (QED) is 0.490. The fourth-order valence-electron chi connectivity index (χ4n) is 2.54. The third kappa shape index (κ3) is 4.81. The molecule has 0 aliphatic carbocycles. The van der Waals surface area contributed by atoms with Gasteiger partial charge in [0.15, 0.2) is 5.78 Å². The highest BCUT2D eigenvalue weighted by Gasteiger charge is 2.13. The molecule has 0 aliphatic rings. The molecule has 3 aromatic rings. The number of ether oxygens (including phenoxy) is 1. The molecule has 0 atom stereocenters. The topological polar surface area (TPSA) is 110 Å². The zero-order valence-electron chi connectivity index (χ0n) is 15.8. The van der Waals surface area contributed by atoms with Crippen LogP contribution < -0.4 is 10.6 Å². The number of hydrogen-bond donors (Lipinski definition) is 2. The molecule has 1 aromatic heterocycles. The van der Waals surface area contributed by atoms with Gasteiger partial charge in [-0.25, -0.2) is 14.8 Å². The fourth-order valence-corrected chi connectivity index (χ4v) is 2.54. The summed E-state index contributed by atoms with van der Waals surface area (Å²) in [6.45, 7) is 1.45. The number of Topliss-reactive ketones (excluding diaryl/α,β-unsaturated/α-hetero) is 1. The summed E-state index contributed by atoms with van der Waals surface area (Å²) >= 11 is 0. The van der Waals surface area contributed by atoms with Crippen LogP contribution in [0.4, 0.5) is 17.2 Å². The van der Waals surface area contributed by atoms with Crippen LogP contribution in [0.1, 0.15) is 38.1 Å². The van der Waals surface area contributed by atoms with E-state index in [1.165, 1.54) is 26.4 Å². The number of carbonyl (C=O) groups excluding carboxylic acids is 3. The van der Waals surface area contributed by atoms with Crippen LogP contribution in [0.2, 0.25) is 0 Å². The number of hydrogen-bond acceptors (Lipinski definition) is 7. The minimum absolute atomic E-state index is 0.0939. The second-order valence-corrected chi connectivity index (χ2v) is 6.04. The normalized spacial score (nSPS) is 10.1. The van der Waals surface area contributed by atoms with Crippen LogP contribution in [0.15, 0.2) is 60.9 Å². The number of nitrogens with one attached hydrogen (secondary N) is 2. The molecule has 2 N–H and O–H groups in total. The van der Waals surface area contributed by atoms with Crippen LogP contribution in [0, 0.1) is 0 Å². The molecule has 0 bridgehead atoms. The lowest BCUT2D eigenvalue weighted by Gasteiger charge is -2.10. The lowest BCUT2D eigenvalue weighted by Crippen LogP contribution is -2.14. The smallest absolute Gasteiger partial charge is 0.339 e. The lowest BCUT2D eigenvalue weighted by atomic mass is 10.1. The van der Waals surface area contributed by atoms with Crippen molar-refractivity contribution in [1.29, 1.82) is 0 Å². The lowest BCUT2D eigenvalue weighted by molar-refractivity contribution is 0.0601.